The predicted molar refractivity (Wildman–Crippen MR) is 105 cm³/mol. The second-order valence-corrected chi connectivity index (χ2v) is 7.55. The first-order chi connectivity index (χ1) is 12.8. The van der Waals surface area contributed by atoms with Gasteiger partial charge in [0.05, 0.1) is 26.9 Å². The van der Waals surface area contributed by atoms with Crippen molar-refractivity contribution in [2.24, 2.45) is 5.92 Å². The number of hydrogen-bond donors (Lipinski definition) is 1. The van der Waals surface area contributed by atoms with E-state index in [4.69, 9.17) is 23.2 Å². The number of hydrogen-bond acceptors (Lipinski definition) is 3. The molecule has 0 saturated heterocycles. The lowest BCUT2D eigenvalue weighted by Crippen LogP contribution is -2.48. The normalized spacial score (nSPS) is 14.5. The van der Waals surface area contributed by atoms with Gasteiger partial charge >= 0.3 is 0 Å². The van der Waals surface area contributed by atoms with E-state index in [0.717, 1.165) is 4.90 Å². The second-order valence-electron chi connectivity index (χ2n) is 6.76. The van der Waals surface area contributed by atoms with Crippen LogP contribution in [0.4, 0.5) is 5.69 Å². The Bertz CT molecular complexity index is 892. The molecule has 27 heavy (non-hydrogen) atoms. The number of benzene rings is 2. The first-order valence-corrected chi connectivity index (χ1v) is 9.28. The van der Waals surface area contributed by atoms with E-state index in [1.807, 2.05) is 13.8 Å². The Morgan fingerprint density at radius 2 is 1.59 bits per heavy atom. The summed E-state index contributed by atoms with van der Waals surface area (Å²) in [7, 11) is 0. The number of anilines is 1. The number of rotatable bonds is 5. The molecule has 0 saturated carbocycles. The minimum absolute atomic E-state index is 0.0832. The molecule has 140 valence electrons. The number of carbonyl (C=O) groups excluding carboxylic acids is 3. The fourth-order valence-corrected chi connectivity index (χ4v) is 3.43. The average molecular weight is 405 g/mol. The van der Waals surface area contributed by atoms with Crippen LogP contribution in [-0.4, -0.2) is 28.7 Å². The van der Waals surface area contributed by atoms with Crippen molar-refractivity contribution in [3.8, 4) is 0 Å². The zero-order valence-corrected chi connectivity index (χ0v) is 16.3. The maximum Gasteiger partial charge on any atom is 0.262 e. The van der Waals surface area contributed by atoms with E-state index >= 15 is 0 Å². The molecule has 0 fully saturated rings. The standard InChI is InChI=1S/C20H18Cl2N2O3/c1-11(2)10-16(18(25)23-15-9-5-8-14(21)17(15)22)24-19(26)12-6-3-4-7-13(12)20(24)27/h3-9,11,16H,10H2,1-2H3,(H,23,25). The van der Waals surface area contributed by atoms with E-state index in [2.05, 4.69) is 5.32 Å². The summed E-state index contributed by atoms with van der Waals surface area (Å²) < 4.78 is 0. The minimum atomic E-state index is -0.951. The van der Waals surface area contributed by atoms with Gasteiger partial charge in [0, 0.05) is 0 Å². The Labute approximate surface area is 167 Å². The molecular weight excluding hydrogens is 387 g/mol. The molecular formula is C20H18Cl2N2O3. The number of amides is 3. The smallest absolute Gasteiger partial charge is 0.262 e. The third kappa shape index (κ3) is 3.70. The molecule has 3 amide bonds. The van der Waals surface area contributed by atoms with Crippen LogP contribution in [0, 0.1) is 5.92 Å². The fourth-order valence-electron chi connectivity index (χ4n) is 3.08. The molecule has 3 rings (SSSR count). The zero-order valence-electron chi connectivity index (χ0n) is 14.8. The van der Waals surface area contributed by atoms with Crippen LogP contribution in [0.15, 0.2) is 42.5 Å². The van der Waals surface area contributed by atoms with Crippen molar-refractivity contribution in [3.05, 3.63) is 63.6 Å². The summed E-state index contributed by atoms with van der Waals surface area (Å²) in [6.07, 6.45) is 0.329. The van der Waals surface area contributed by atoms with Gasteiger partial charge in [0.2, 0.25) is 5.91 Å². The first-order valence-electron chi connectivity index (χ1n) is 8.53. The third-order valence-corrected chi connectivity index (χ3v) is 5.16. The van der Waals surface area contributed by atoms with E-state index in [-0.39, 0.29) is 10.9 Å². The van der Waals surface area contributed by atoms with Gasteiger partial charge in [0.25, 0.3) is 11.8 Å². The van der Waals surface area contributed by atoms with E-state index in [1.54, 1.807) is 42.5 Å². The molecule has 5 nitrogen and oxygen atoms in total. The second kappa shape index (κ2) is 7.71. The highest BCUT2D eigenvalue weighted by atomic mass is 35.5. The lowest BCUT2D eigenvalue weighted by Gasteiger charge is -2.27. The highest BCUT2D eigenvalue weighted by Crippen LogP contribution is 2.31. The van der Waals surface area contributed by atoms with Crippen molar-refractivity contribution in [2.75, 3.05) is 5.32 Å². The summed E-state index contributed by atoms with van der Waals surface area (Å²) in [5, 5.41) is 3.21. The molecule has 1 aliphatic rings. The number of fused-ring (bicyclic) bond motifs is 1. The molecule has 1 aliphatic heterocycles. The van der Waals surface area contributed by atoms with Crippen molar-refractivity contribution in [2.45, 2.75) is 26.3 Å². The Hall–Kier alpha value is -2.37. The zero-order chi connectivity index (χ0) is 19.7. The molecule has 0 aliphatic carbocycles. The Kier molecular flexibility index (Phi) is 5.53. The molecule has 1 N–H and O–H groups in total. The van der Waals surface area contributed by atoms with Gasteiger partial charge in [0.1, 0.15) is 6.04 Å². The largest absolute Gasteiger partial charge is 0.323 e. The van der Waals surface area contributed by atoms with Crippen LogP contribution in [0.25, 0.3) is 0 Å². The summed E-state index contributed by atoms with van der Waals surface area (Å²) in [5.74, 6) is -1.33. The van der Waals surface area contributed by atoms with E-state index < -0.39 is 23.8 Å². The molecule has 1 atom stereocenters. The van der Waals surface area contributed by atoms with E-state index in [1.165, 1.54) is 0 Å². The lowest BCUT2D eigenvalue weighted by atomic mass is 10.0. The molecule has 0 aromatic heterocycles. The van der Waals surface area contributed by atoms with Crippen LogP contribution in [0.2, 0.25) is 10.0 Å². The van der Waals surface area contributed by atoms with Crippen LogP contribution in [0.3, 0.4) is 0 Å². The van der Waals surface area contributed by atoms with Gasteiger partial charge in [-0.15, -0.1) is 0 Å². The van der Waals surface area contributed by atoms with E-state index in [9.17, 15) is 14.4 Å². The SMILES string of the molecule is CC(C)CC(C(=O)Nc1cccc(Cl)c1Cl)N1C(=O)c2ccccc2C1=O. The van der Waals surface area contributed by atoms with Gasteiger partial charge in [-0.25, -0.2) is 0 Å². The molecule has 1 unspecified atom stereocenters. The van der Waals surface area contributed by atoms with Gasteiger partial charge in [-0.2, -0.15) is 0 Å². The predicted octanol–water partition coefficient (Wildman–Crippen LogP) is 4.64. The molecule has 2 aromatic carbocycles. The van der Waals surface area contributed by atoms with Crippen molar-refractivity contribution >= 4 is 46.6 Å². The number of imide groups is 1. The number of halogens is 2. The van der Waals surface area contributed by atoms with Gasteiger partial charge in [-0.1, -0.05) is 55.2 Å². The molecule has 0 radical (unpaired) electrons. The first kappa shape index (κ1) is 19.4. The van der Waals surface area contributed by atoms with Gasteiger partial charge in [0.15, 0.2) is 0 Å². The van der Waals surface area contributed by atoms with Crippen LogP contribution in [0.1, 0.15) is 41.0 Å². The number of nitrogens with zero attached hydrogens (tertiary/aromatic N) is 1. The quantitative estimate of drug-likeness (QED) is 0.737. The maximum absolute atomic E-state index is 13.0. The molecule has 7 heteroatoms. The van der Waals surface area contributed by atoms with Gasteiger partial charge < -0.3 is 5.32 Å². The fraction of sp³-hybridized carbons (Fsp3) is 0.250. The highest BCUT2D eigenvalue weighted by Gasteiger charge is 2.42. The topological polar surface area (TPSA) is 66.5 Å². The van der Waals surface area contributed by atoms with Crippen LogP contribution in [-0.2, 0) is 4.79 Å². The van der Waals surface area contributed by atoms with Crippen molar-refractivity contribution in [1.29, 1.82) is 0 Å². The summed E-state index contributed by atoms with van der Waals surface area (Å²) in [4.78, 5) is 39.6. The third-order valence-electron chi connectivity index (χ3n) is 4.34. The maximum atomic E-state index is 13.0. The van der Waals surface area contributed by atoms with Crippen molar-refractivity contribution in [3.63, 3.8) is 0 Å². The molecule has 2 aromatic rings. The van der Waals surface area contributed by atoms with Gasteiger partial charge in [-0.05, 0) is 36.6 Å². The summed E-state index contributed by atoms with van der Waals surface area (Å²) >= 11 is 12.1. The Morgan fingerprint density at radius 1 is 1.00 bits per heavy atom. The van der Waals surface area contributed by atoms with Crippen LogP contribution in [0.5, 0.6) is 0 Å². The monoisotopic (exact) mass is 404 g/mol. The lowest BCUT2D eigenvalue weighted by molar-refractivity contribution is -0.120. The number of nitrogens with one attached hydrogen (secondary N) is 1. The van der Waals surface area contributed by atoms with E-state index in [0.29, 0.717) is 28.3 Å². The van der Waals surface area contributed by atoms with Crippen molar-refractivity contribution in [1.82, 2.24) is 4.90 Å². The summed E-state index contributed by atoms with van der Waals surface area (Å²) in [5.41, 5.74) is 0.953. The molecule has 0 spiro atoms. The number of carbonyl (C=O) groups is 3. The average Bonchev–Trinajstić information content (AvgIpc) is 2.88. The highest BCUT2D eigenvalue weighted by molar-refractivity contribution is 6.44. The van der Waals surface area contributed by atoms with Gasteiger partial charge in [-0.3, -0.25) is 19.3 Å². The summed E-state index contributed by atoms with van der Waals surface area (Å²) in [6, 6.07) is 10.5. The Balaban J connectivity index is 1.93. The van der Waals surface area contributed by atoms with Crippen LogP contribution < -0.4 is 5.32 Å². The molecule has 1 heterocycles. The van der Waals surface area contributed by atoms with Crippen LogP contribution >= 0.6 is 23.2 Å². The van der Waals surface area contributed by atoms with Crippen molar-refractivity contribution < 1.29 is 14.4 Å². The Morgan fingerprint density at radius 3 is 2.15 bits per heavy atom. The molecule has 0 bridgehead atoms. The summed E-state index contributed by atoms with van der Waals surface area (Å²) in [6.45, 7) is 3.84. The minimum Gasteiger partial charge on any atom is -0.323 e.